The van der Waals surface area contributed by atoms with Crippen LogP contribution in [0, 0.1) is 6.92 Å². The molecule has 0 bridgehead atoms. The number of likely N-dealkylation sites (tertiary alicyclic amines) is 1. The summed E-state index contributed by atoms with van der Waals surface area (Å²) in [6.07, 6.45) is 2.55. The summed E-state index contributed by atoms with van der Waals surface area (Å²) in [7, 11) is 1.61. The van der Waals surface area contributed by atoms with Crippen molar-refractivity contribution in [2.45, 2.75) is 39.3 Å². The monoisotopic (exact) mass is 411 g/mol. The van der Waals surface area contributed by atoms with Gasteiger partial charge in [-0.25, -0.2) is 0 Å². The van der Waals surface area contributed by atoms with Crippen molar-refractivity contribution in [3.05, 3.63) is 53.6 Å². The van der Waals surface area contributed by atoms with Gasteiger partial charge >= 0.3 is 0 Å². The zero-order valence-corrected chi connectivity index (χ0v) is 18.2. The number of benzene rings is 2. The summed E-state index contributed by atoms with van der Waals surface area (Å²) >= 11 is 0. The maximum atomic E-state index is 12.2. The predicted molar refractivity (Wildman–Crippen MR) is 120 cm³/mol. The van der Waals surface area contributed by atoms with Gasteiger partial charge in [0.2, 0.25) is 0 Å². The van der Waals surface area contributed by atoms with Crippen LogP contribution in [-0.4, -0.2) is 50.2 Å². The first kappa shape index (κ1) is 22.1. The van der Waals surface area contributed by atoms with Gasteiger partial charge in [0, 0.05) is 24.8 Å². The zero-order valence-electron chi connectivity index (χ0n) is 18.2. The van der Waals surface area contributed by atoms with Gasteiger partial charge in [0.1, 0.15) is 0 Å². The Morgan fingerprint density at radius 3 is 2.70 bits per heavy atom. The number of methoxy groups -OCH3 is 1. The molecule has 1 fully saturated rings. The highest BCUT2D eigenvalue weighted by Gasteiger charge is 2.22. The van der Waals surface area contributed by atoms with Gasteiger partial charge in [-0.05, 0) is 62.7 Å². The Bertz CT molecular complexity index is 823. The number of aryl methyl sites for hydroxylation is 1. The lowest BCUT2D eigenvalue weighted by Gasteiger charge is -2.23. The number of nitrogens with zero attached hydrogens (tertiary/aromatic N) is 1. The van der Waals surface area contributed by atoms with E-state index in [9.17, 15) is 4.79 Å². The summed E-state index contributed by atoms with van der Waals surface area (Å²) < 4.78 is 11.2. The standard InChI is InChI=1S/C24H33N3O3/c1-4-27-13-5-6-21(27)16-25-15-19-9-12-22(23(14-19)29-3)30-17-24(28)26-20-10-7-18(2)8-11-20/h7-12,14,21,25H,4-6,13,15-17H2,1-3H3,(H,26,28)/t21-/m0/s1. The number of amides is 1. The van der Waals surface area contributed by atoms with Crippen LogP contribution in [0.5, 0.6) is 11.5 Å². The summed E-state index contributed by atoms with van der Waals surface area (Å²) in [5, 5.41) is 6.39. The van der Waals surface area contributed by atoms with Crippen LogP contribution in [0.3, 0.4) is 0 Å². The number of ether oxygens (including phenoxy) is 2. The van der Waals surface area contributed by atoms with Gasteiger partial charge in [-0.3, -0.25) is 9.69 Å². The molecule has 1 atom stereocenters. The van der Waals surface area contributed by atoms with E-state index in [0.717, 1.165) is 36.4 Å². The van der Waals surface area contributed by atoms with Gasteiger partial charge in [-0.2, -0.15) is 0 Å². The SMILES string of the molecule is CCN1CCC[C@H]1CNCc1ccc(OCC(=O)Nc2ccc(C)cc2)c(OC)c1. The van der Waals surface area contributed by atoms with Crippen molar-refractivity contribution < 1.29 is 14.3 Å². The van der Waals surface area contributed by atoms with Crippen molar-refractivity contribution in [1.82, 2.24) is 10.2 Å². The molecular weight excluding hydrogens is 378 g/mol. The number of hydrogen-bond acceptors (Lipinski definition) is 5. The molecule has 6 nitrogen and oxygen atoms in total. The summed E-state index contributed by atoms with van der Waals surface area (Å²) in [6.45, 7) is 8.25. The van der Waals surface area contributed by atoms with Crippen molar-refractivity contribution >= 4 is 11.6 Å². The average molecular weight is 412 g/mol. The number of carbonyl (C=O) groups excluding carboxylic acids is 1. The average Bonchev–Trinajstić information content (AvgIpc) is 3.22. The van der Waals surface area contributed by atoms with Crippen LogP contribution in [-0.2, 0) is 11.3 Å². The lowest BCUT2D eigenvalue weighted by molar-refractivity contribution is -0.118. The molecule has 1 saturated heterocycles. The van der Waals surface area contributed by atoms with Crippen molar-refractivity contribution in [1.29, 1.82) is 0 Å². The van der Waals surface area contributed by atoms with E-state index in [2.05, 4.69) is 22.5 Å². The van der Waals surface area contributed by atoms with E-state index in [4.69, 9.17) is 9.47 Å². The fourth-order valence-corrected chi connectivity index (χ4v) is 3.84. The number of hydrogen-bond donors (Lipinski definition) is 2. The minimum absolute atomic E-state index is 0.0731. The number of rotatable bonds is 10. The molecule has 0 aromatic heterocycles. The van der Waals surface area contributed by atoms with E-state index in [-0.39, 0.29) is 12.5 Å². The lowest BCUT2D eigenvalue weighted by atomic mass is 10.2. The Morgan fingerprint density at radius 1 is 1.17 bits per heavy atom. The Kier molecular flexibility index (Phi) is 8.11. The van der Waals surface area contributed by atoms with Gasteiger partial charge in [-0.15, -0.1) is 0 Å². The van der Waals surface area contributed by atoms with Crippen LogP contribution in [0.25, 0.3) is 0 Å². The third-order valence-electron chi connectivity index (χ3n) is 5.54. The molecule has 1 amide bonds. The van der Waals surface area contributed by atoms with Crippen molar-refractivity contribution in [2.75, 3.05) is 38.7 Å². The van der Waals surface area contributed by atoms with Gasteiger partial charge in [-0.1, -0.05) is 30.7 Å². The highest BCUT2D eigenvalue weighted by atomic mass is 16.5. The van der Waals surface area contributed by atoms with E-state index in [1.165, 1.54) is 19.4 Å². The number of likely N-dealkylation sites (N-methyl/N-ethyl adjacent to an activating group) is 1. The Labute approximate surface area is 179 Å². The molecule has 0 unspecified atom stereocenters. The second kappa shape index (κ2) is 11.0. The molecule has 30 heavy (non-hydrogen) atoms. The van der Waals surface area contributed by atoms with E-state index in [1.54, 1.807) is 7.11 Å². The molecule has 3 rings (SSSR count). The van der Waals surface area contributed by atoms with Gasteiger partial charge in [0.05, 0.1) is 7.11 Å². The largest absolute Gasteiger partial charge is 0.493 e. The molecule has 2 aromatic rings. The van der Waals surface area contributed by atoms with Gasteiger partial charge < -0.3 is 20.1 Å². The molecular formula is C24H33N3O3. The molecule has 0 radical (unpaired) electrons. The molecule has 2 aromatic carbocycles. The summed E-state index contributed by atoms with van der Waals surface area (Å²) in [6, 6.07) is 14.1. The quantitative estimate of drug-likeness (QED) is 0.626. The summed E-state index contributed by atoms with van der Waals surface area (Å²) in [4.78, 5) is 14.7. The maximum absolute atomic E-state index is 12.2. The second-order valence-corrected chi connectivity index (χ2v) is 7.74. The first-order valence-electron chi connectivity index (χ1n) is 10.7. The van der Waals surface area contributed by atoms with E-state index in [0.29, 0.717) is 17.5 Å². The molecule has 2 N–H and O–H groups in total. The normalized spacial score (nSPS) is 16.4. The number of nitrogens with one attached hydrogen (secondary N) is 2. The Morgan fingerprint density at radius 2 is 1.97 bits per heavy atom. The minimum Gasteiger partial charge on any atom is -0.493 e. The molecule has 162 valence electrons. The van der Waals surface area contributed by atoms with Crippen LogP contribution >= 0.6 is 0 Å². The molecule has 1 aliphatic heterocycles. The third kappa shape index (κ3) is 6.21. The molecule has 0 aliphatic carbocycles. The third-order valence-corrected chi connectivity index (χ3v) is 5.54. The lowest BCUT2D eigenvalue weighted by Crippen LogP contribution is -2.37. The predicted octanol–water partition coefficient (Wildman–Crippen LogP) is 3.60. The van der Waals surface area contributed by atoms with E-state index < -0.39 is 0 Å². The van der Waals surface area contributed by atoms with Crippen LogP contribution in [0.1, 0.15) is 30.9 Å². The fraction of sp³-hybridized carbons (Fsp3) is 0.458. The number of carbonyl (C=O) groups is 1. The Hall–Kier alpha value is -2.57. The zero-order chi connectivity index (χ0) is 21.3. The van der Waals surface area contributed by atoms with Crippen molar-refractivity contribution in [3.63, 3.8) is 0 Å². The van der Waals surface area contributed by atoms with Crippen LogP contribution < -0.4 is 20.1 Å². The molecule has 1 heterocycles. The fourth-order valence-electron chi connectivity index (χ4n) is 3.84. The van der Waals surface area contributed by atoms with E-state index in [1.807, 2.05) is 49.4 Å². The molecule has 6 heteroatoms. The first-order chi connectivity index (χ1) is 14.6. The molecule has 0 spiro atoms. The maximum Gasteiger partial charge on any atom is 0.262 e. The first-order valence-corrected chi connectivity index (χ1v) is 10.7. The number of anilines is 1. The Balaban J connectivity index is 1.48. The smallest absolute Gasteiger partial charge is 0.262 e. The molecule has 0 saturated carbocycles. The molecule has 1 aliphatic rings. The van der Waals surface area contributed by atoms with Gasteiger partial charge in [0.25, 0.3) is 5.91 Å². The van der Waals surface area contributed by atoms with Crippen LogP contribution in [0.2, 0.25) is 0 Å². The van der Waals surface area contributed by atoms with Crippen LogP contribution in [0.15, 0.2) is 42.5 Å². The highest BCUT2D eigenvalue weighted by molar-refractivity contribution is 5.91. The van der Waals surface area contributed by atoms with Gasteiger partial charge in [0.15, 0.2) is 18.1 Å². The summed E-state index contributed by atoms with van der Waals surface area (Å²) in [5.74, 6) is 0.991. The van der Waals surface area contributed by atoms with E-state index >= 15 is 0 Å². The minimum atomic E-state index is -0.205. The second-order valence-electron chi connectivity index (χ2n) is 7.74. The topological polar surface area (TPSA) is 62.8 Å². The van der Waals surface area contributed by atoms with Crippen molar-refractivity contribution in [3.8, 4) is 11.5 Å². The summed E-state index contributed by atoms with van der Waals surface area (Å²) in [5.41, 5.74) is 3.03. The van der Waals surface area contributed by atoms with Crippen LogP contribution in [0.4, 0.5) is 5.69 Å². The highest BCUT2D eigenvalue weighted by Crippen LogP contribution is 2.28. The van der Waals surface area contributed by atoms with Crippen molar-refractivity contribution in [2.24, 2.45) is 0 Å².